The first-order valence-corrected chi connectivity index (χ1v) is 11.0. The molecule has 1 aliphatic rings. The Labute approximate surface area is 201 Å². The number of nitrogens with zero attached hydrogens (tertiary/aromatic N) is 2. The Morgan fingerprint density at radius 1 is 0.971 bits per heavy atom. The maximum atomic E-state index is 13.4. The van der Waals surface area contributed by atoms with Gasteiger partial charge < -0.3 is 19.6 Å². The molecule has 1 aromatic heterocycles. The lowest BCUT2D eigenvalue weighted by Gasteiger charge is -2.23. The summed E-state index contributed by atoms with van der Waals surface area (Å²) in [5.41, 5.74) is 3.26. The zero-order chi connectivity index (χ0) is 24.7. The van der Waals surface area contributed by atoms with Gasteiger partial charge in [0.15, 0.2) is 0 Å². The lowest BCUT2D eigenvalue weighted by Crippen LogP contribution is -2.30. The van der Waals surface area contributed by atoms with Crippen molar-refractivity contribution in [3.8, 4) is 11.5 Å². The number of nitrogens with one attached hydrogen (secondary N) is 1. The molecule has 0 aliphatic carbocycles. The number of ketones is 1. The molecule has 2 heterocycles. The van der Waals surface area contributed by atoms with Crippen LogP contribution in [-0.2, 0) is 9.59 Å². The average molecular weight is 469 g/mol. The maximum Gasteiger partial charge on any atom is 0.302 e. The molecule has 0 saturated carbocycles. The first-order valence-electron chi connectivity index (χ1n) is 11.0. The summed E-state index contributed by atoms with van der Waals surface area (Å²) in [6, 6.07) is 18.5. The first kappa shape index (κ1) is 22.2. The van der Waals surface area contributed by atoms with Gasteiger partial charge in [0, 0.05) is 11.6 Å². The number of carbonyl (C=O) groups is 2. The van der Waals surface area contributed by atoms with Crippen molar-refractivity contribution in [3.05, 3.63) is 89.0 Å². The van der Waals surface area contributed by atoms with E-state index in [4.69, 9.17) is 9.47 Å². The van der Waals surface area contributed by atoms with Crippen molar-refractivity contribution in [1.82, 2.24) is 9.97 Å². The van der Waals surface area contributed by atoms with Crippen molar-refractivity contribution in [3.63, 3.8) is 0 Å². The molecule has 4 aromatic rings. The highest BCUT2D eigenvalue weighted by molar-refractivity contribution is 6.51. The number of hydrogen-bond donors (Lipinski definition) is 2. The number of H-pyrrole nitrogens is 1. The highest BCUT2D eigenvalue weighted by atomic mass is 16.5. The van der Waals surface area contributed by atoms with Crippen LogP contribution in [0.25, 0.3) is 16.8 Å². The molecular formula is C27H23N3O5. The summed E-state index contributed by atoms with van der Waals surface area (Å²) in [6.07, 6.45) is 0. The molecule has 8 heteroatoms. The number of hydrogen-bond acceptors (Lipinski definition) is 6. The zero-order valence-electron chi connectivity index (χ0n) is 19.4. The lowest BCUT2D eigenvalue weighted by molar-refractivity contribution is -0.132. The maximum absolute atomic E-state index is 13.4. The van der Waals surface area contributed by atoms with Gasteiger partial charge >= 0.3 is 5.91 Å². The number of anilines is 1. The summed E-state index contributed by atoms with van der Waals surface area (Å²) in [5, 5.41) is 11.2. The number of ether oxygens (including phenoxy) is 2. The van der Waals surface area contributed by atoms with E-state index in [0.717, 1.165) is 5.56 Å². The van der Waals surface area contributed by atoms with E-state index < -0.39 is 17.7 Å². The second-order valence-corrected chi connectivity index (χ2v) is 8.26. The SMILES string of the molecule is COc1cccc(C2/C(=C(\O)c3ccc(C)cc3)C(=O)C(=O)N2c2nc3ccc(OC)cc3[nH]2)c1. The minimum Gasteiger partial charge on any atom is -0.507 e. The fourth-order valence-electron chi connectivity index (χ4n) is 4.26. The smallest absolute Gasteiger partial charge is 0.302 e. The van der Waals surface area contributed by atoms with Crippen molar-refractivity contribution < 1.29 is 24.2 Å². The second kappa shape index (κ2) is 8.64. The number of aromatic amines is 1. The number of methoxy groups -OCH3 is 2. The third kappa shape index (κ3) is 3.78. The molecule has 1 saturated heterocycles. The van der Waals surface area contributed by atoms with Crippen LogP contribution in [0, 0.1) is 6.92 Å². The van der Waals surface area contributed by atoms with Gasteiger partial charge in [0.05, 0.1) is 36.9 Å². The molecule has 5 rings (SSSR count). The van der Waals surface area contributed by atoms with Crippen LogP contribution in [0.1, 0.15) is 22.7 Å². The molecule has 1 amide bonds. The third-order valence-electron chi connectivity index (χ3n) is 6.08. The zero-order valence-corrected chi connectivity index (χ0v) is 19.4. The van der Waals surface area contributed by atoms with Gasteiger partial charge in [-0.05, 0) is 36.8 Å². The van der Waals surface area contributed by atoms with Crippen LogP contribution < -0.4 is 14.4 Å². The summed E-state index contributed by atoms with van der Waals surface area (Å²) in [7, 11) is 3.10. The average Bonchev–Trinajstić information content (AvgIpc) is 3.41. The molecular weight excluding hydrogens is 446 g/mol. The Morgan fingerprint density at radius 3 is 2.40 bits per heavy atom. The molecule has 8 nitrogen and oxygen atoms in total. The number of amides is 1. The Morgan fingerprint density at radius 2 is 1.69 bits per heavy atom. The highest BCUT2D eigenvalue weighted by Gasteiger charge is 2.48. The normalized spacial score (nSPS) is 17.2. The van der Waals surface area contributed by atoms with E-state index in [0.29, 0.717) is 33.7 Å². The van der Waals surface area contributed by atoms with Gasteiger partial charge in [-0.25, -0.2) is 4.98 Å². The number of aryl methyl sites for hydroxylation is 1. The Kier molecular flexibility index (Phi) is 5.49. The monoisotopic (exact) mass is 469 g/mol. The Hall–Kier alpha value is -4.59. The predicted molar refractivity (Wildman–Crippen MR) is 132 cm³/mol. The minimum absolute atomic E-state index is 0.0230. The molecule has 0 bridgehead atoms. The number of rotatable bonds is 5. The number of fused-ring (bicyclic) bond motifs is 1. The number of aliphatic hydroxyl groups is 1. The molecule has 1 fully saturated rings. The molecule has 1 unspecified atom stereocenters. The van der Waals surface area contributed by atoms with Crippen LogP contribution >= 0.6 is 0 Å². The standard InChI is InChI=1S/C27H23N3O5/c1-15-7-9-16(10-8-15)24(31)22-23(17-5-4-6-18(13-17)34-2)30(26(33)25(22)32)27-28-20-12-11-19(35-3)14-21(20)29-27/h4-14,23,31H,1-3H3,(H,28,29)/b24-22+. The second-order valence-electron chi connectivity index (χ2n) is 8.26. The summed E-state index contributed by atoms with van der Waals surface area (Å²) >= 11 is 0. The summed E-state index contributed by atoms with van der Waals surface area (Å²) < 4.78 is 10.7. The van der Waals surface area contributed by atoms with Crippen LogP contribution in [0.2, 0.25) is 0 Å². The van der Waals surface area contributed by atoms with Gasteiger partial charge in [-0.15, -0.1) is 0 Å². The Balaban J connectivity index is 1.72. The van der Waals surface area contributed by atoms with Gasteiger partial charge in [-0.2, -0.15) is 0 Å². The highest BCUT2D eigenvalue weighted by Crippen LogP contribution is 2.42. The van der Waals surface area contributed by atoms with E-state index in [1.807, 2.05) is 19.1 Å². The van der Waals surface area contributed by atoms with Crippen LogP contribution in [-0.4, -0.2) is 41.0 Å². The van der Waals surface area contributed by atoms with Crippen LogP contribution in [0.4, 0.5) is 5.95 Å². The number of benzene rings is 3. The third-order valence-corrected chi connectivity index (χ3v) is 6.08. The summed E-state index contributed by atoms with van der Waals surface area (Å²) in [4.78, 5) is 35.6. The van der Waals surface area contributed by atoms with Crippen molar-refractivity contribution in [2.24, 2.45) is 0 Å². The number of Topliss-reactive ketones (excluding diaryl/α,β-unsaturated/α-hetero) is 1. The summed E-state index contributed by atoms with van der Waals surface area (Å²) in [6.45, 7) is 1.93. The lowest BCUT2D eigenvalue weighted by atomic mass is 9.95. The minimum atomic E-state index is -0.922. The fourth-order valence-corrected chi connectivity index (χ4v) is 4.26. The molecule has 2 N–H and O–H groups in total. The predicted octanol–water partition coefficient (Wildman–Crippen LogP) is 4.51. The van der Waals surface area contributed by atoms with Crippen LogP contribution in [0.3, 0.4) is 0 Å². The summed E-state index contributed by atoms with van der Waals surface area (Å²) in [5.74, 6) is -0.481. The topological polar surface area (TPSA) is 105 Å². The number of aliphatic hydroxyl groups excluding tert-OH is 1. The first-order chi connectivity index (χ1) is 16.9. The van der Waals surface area contributed by atoms with Gasteiger partial charge in [-0.3, -0.25) is 14.5 Å². The molecule has 35 heavy (non-hydrogen) atoms. The van der Waals surface area contributed by atoms with Gasteiger partial charge in [-0.1, -0.05) is 42.0 Å². The molecule has 3 aromatic carbocycles. The fraction of sp³-hybridized carbons (Fsp3) is 0.148. The molecule has 1 atom stereocenters. The molecule has 1 aliphatic heterocycles. The molecule has 176 valence electrons. The van der Waals surface area contributed by atoms with Crippen molar-refractivity contribution >= 4 is 34.4 Å². The molecule has 0 spiro atoms. The van der Waals surface area contributed by atoms with Gasteiger partial charge in [0.1, 0.15) is 17.3 Å². The van der Waals surface area contributed by atoms with Crippen LogP contribution in [0.5, 0.6) is 11.5 Å². The number of carbonyl (C=O) groups excluding carboxylic acids is 2. The molecule has 0 radical (unpaired) electrons. The van der Waals surface area contributed by atoms with E-state index in [1.54, 1.807) is 61.7 Å². The van der Waals surface area contributed by atoms with Crippen molar-refractivity contribution in [2.75, 3.05) is 19.1 Å². The van der Waals surface area contributed by atoms with E-state index >= 15 is 0 Å². The van der Waals surface area contributed by atoms with E-state index in [2.05, 4.69) is 9.97 Å². The van der Waals surface area contributed by atoms with Gasteiger partial charge in [0.2, 0.25) is 5.95 Å². The number of imidazole rings is 1. The van der Waals surface area contributed by atoms with Crippen molar-refractivity contribution in [2.45, 2.75) is 13.0 Å². The quantitative estimate of drug-likeness (QED) is 0.253. The largest absolute Gasteiger partial charge is 0.507 e. The van der Waals surface area contributed by atoms with Crippen LogP contribution in [0.15, 0.2) is 72.3 Å². The van der Waals surface area contributed by atoms with Gasteiger partial charge in [0.25, 0.3) is 5.78 Å². The van der Waals surface area contributed by atoms with E-state index in [9.17, 15) is 14.7 Å². The Bertz CT molecular complexity index is 1490. The van der Waals surface area contributed by atoms with Crippen molar-refractivity contribution in [1.29, 1.82) is 0 Å². The van der Waals surface area contributed by atoms with E-state index in [1.165, 1.54) is 12.0 Å². The number of aromatic nitrogens is 2. The van der Waals surface area contributed by atoms with E-state index in [-0.39, 0.29) is 17.3 Å².